The lowest BCUT2D eigenvalue weighted by Crippen LogP contribution is -2.41. The van der Waals surface area contributed by atoms with Crippen LogP contribution in [0.15, 0.2) is 24.3 Å². The van der Waals surface area contributed by atoms with Crippen LogP contribution in [0, 0.1) is 5.92 Å². The average Bonchev–Trinajstić information content (AvgIpc) is 3.22. The Bertz CT molecular complexity index is 728. The third-order valence-corrected chi connectivity index (χ3v) is 4.94. The Labute approximate surface area is 160 Å². The number of anilines is 1. The maximum Gasteiger partial charge on any atom is 0.335 e. The first kappa shape index (κ1) is 19.4. The predicted molar refractivity (Wildman–Crippen MR) is 103 cm³/mol. The summed E-state index contributed by atoms with van der Waals surface area (Å²) in [5.74, 6) is -1.34. The van der Waals surface area contributed by atoms with Gasteiger partial charge in [-0.2, -0.15) is 0 Å². The van der Waals surface area contributed by atoms with Gasteiger partial charge in [-0.25, -0.2) is 9.69 Å². The van der Waals surface area contributed by atoms with E-state index in [1.54, 1.807) is 0 Å². The molecule has 2 aliphatic rings. The van der Waals surface area contributed by atoms with Gasteiger partial charge in [0, 0.05) is 31.9 Å². The lowest BCUT2D eigenvalue weighted by Gasteiger charge is -2.26. The SMILES string of the molecule is CC(C)CN1C(=O)C(=O)N(CN(C)Cc2ccccc2N2CCCC2)C1=O. The lowest BCUT2D eigenvalue weighted by molar-refractivity contribution is -0.144. The predicted octanol–water partition coefficient (Wildman–Crippen LogP) is 2.12. The van der Waals surface area contributed by atoms with Crippen molar-refractivity contribution in [2.24, 2.45) is 5.92 Å². The molecule has 0 aromatic heterocycles. The minimum absolute atomic E-state index is 0.104. The molecule has 2 heterocycles. The number of hydrogen-bond donors (Lipinski definition) is 0. The van der Waals surface area contributed by atoms with Gasteiger partial charge in [0.2, 0.25) is 0 Å². The van der Waals surface area contributed by atoms with Crippen LogP contribution in [0.3, 0.4) is 0 Å². The molecule has 0 aliphatic carbocycles. The van der Waals surface area contributed by atoms with Gasteiger partial charge in [-0.3, -0.25) is 19.4 Å². The van der Waals surface area contributed by atoms with Gasteiger partial charge in [0.15, 0.2) is 0 Å². The second kappa shape index (κ2) is 8.08. The van der Waals surface area contributed by atoms with Crippen molar-refractivity contribution in [2.45, 2.75) is 33.2 Å². The molecule has 2 fully saturated rings. The first-order valence-corrected chi connectivity index (χ1v) is 9.57. The summed E-state index contributed by atoms with van der Waals surface area (Å²) in [6, 6.07) is 7.72. The van der Waals surface area contributed by atoms with Crippen LogP contribution in [0.4, 0.5) is 10.5 Å². The van der Waals surface area contributed by atoms with Crippen molar-refractivity contribution in [1.82, 2.24) is 14.7 Å². The summed E-state index contributed by atoms with van der Waals surface area (Å²) in [4.78, 5) is 43.2. The molecule has 7 nitrogen and oxygen atoms in total. The van der Waals surface area contributed by atoms with Crippen molar-refractivity contribution in [3.63, 3.8) is 0 Å². The van der Waals surface area contributed by atoms with Crippen molar-refractivity contribution >= 4 is 23.5 Å². The maximum atomic E-state index is 12.5. The van der Waals surface area contributed by atoms with Gasteiger partial charge in [-0.15, -0.1) is 0 Å². The summed E-state index contributed by atoms with van der Waals surface area (Å²) < 4.78 is 0. The highest BCUT2D eigenvalue weighted by molar-refractivity contribution is 6.44. The molecule has 0 atom stereocenters. The Morgan fingerprint density at radius 2 is 1.63 bits per heavy atom. The Hall–Kier alpha value is -2.41. The highest BCUT2D eigenvalue weighted by Crippen LogP contribution is 2.25. The highest BCUT2D eigenvalue weighted by Gasteiger charge is 2.44. The summed E-state index contributed by atoms with van der Waals surface area (Å²) >= 11 is 0. The zero-order valence-corrected chi connectivity index (χ0v) is 16.4. The van der Waals surface area contributed by atoms with E-state index in [1.165, 1.54) is 18.5 Å². The number of benzene rings is 1. The second-order valence-electron chi connectivity index (χ2n) is 7.80. The second-order valence-corrected chi connectivity index (χ2v) is 7.80. The van der Waals surface area contributed by atoms with Crippen molar-refractivity contribution in [2.75, 3.05) is 38.3 Å². The van der Waals surface area contributed by atoms with Gasteiger partial charge >= 0.3 is 17.8 Å². The minimum atomic E-state index is -0.736. The van der Waals surface area contributed by atoms with Gasteiger partial charge in [-0.05, 0) is 37.4 Å². The van der Waals surface area contributed by atoms with E-state index in [9.17, 15) is 14.4 Å². The van der Waals surface area contributed by atoms with Crippen molar-refractivity contribution in [1.29, 1.82) is 0 Å². The molecule has 4 amide bonds. The molecule has 3 rings (SSSR count). The molecule has 1 aromatic carbocycles. The molecular formula is C20H28N4O3. The van der Waals surface area contributed by atoms with E-state index in [0.717, 1.165) is 28.5 Å². The Balaban J connectivity index is 1.68. The molecule has 0 radical (unpaired) electrons. The average molecular weight is 372 g/mol. The standard InChI is InChI=1S/C20H28N4O3/c1-15(2)12-23-18(25)19(26)24(20(23)27)14-21(3)13-16-8-4-5-9-17(16)22-10-6-7-11-22/h4-5,8-9,15H,6-7,10-14H2,1-3H3. The first-order valence-electron chi connectivity index (χ1n) is 9.57. The molecule has 0 spiro atoms. The van der Waals surface area contributed by atoms with E-state index in [-0.39, 0.29) is 19.1 Å². The van der Waals surface area contributed by atoms with Crippen LogP contribution in [0.2, 0.25) is 0 Å². The Morgan fingerprint density at radius 3 is 2.30 bits per heavy atom. The summed E-state index contributed by atoms with van der Waals surface area (Å²) in [6.07, 6.45) is 2.41. The topological polar surface area (TPSA) is 64.2 Å². The number of rotatable bonds is 7. The largest absolute Gasteiger partial charge is 0.371 e. The van der Waals surface area contributed by atoms with Crippen LogP contribution in [0.1, 0.15) is 32.3 Å². The number of carbonyl (C=O) groups excluding carboxylic acids is 3. The number of nitrogens with zero attached hydrogens (tertiary/aromatic N) is 4. The number of carbonyl (C=O) groups is 3. The van der Waals surface area contributed by atoms with Crippen molar-refractivity contribution < 1.29 is 14.4 Å². The fourth-order valence-corrected chi connectivity index (χ4v) is 3.69. The molecule has 0 N–H and O–H groups in total. The summed E-state index contributed by atoms with van der Waals surface area (Å²) in [6.45, 7) is 6.91. The van der Waals surface area contributed by atoms with Crippen LogP contribution in [0.5, 0.6) is 0 Å². The van der Waals surface area contributed by atoms with Gasteiger partial charge in [0.25, 0.3) is 0 Å². The smallest absolute Gasteiger partial charge is 0.335 e. The van der Waals surface area contributed by atoms with E-state index in [2.05, 4.69) is 17.0 Å². The summed E-state index contributed by atoms with van der Waals surface area (Å²) in [5.41, 5.74) is 2.37. The van der Waals surface area contributed by atoms with Gasteiger partial charge in [0.05, 0.1) is 6.67 Å². The van der Waals surface area contributed by atoms with Crippen LogP contribution in [-0.2, 0) is 16.1 Å². The fourth-order valence-electron chi connectivity index (χ4n) is 3.69. The van der Waals surface area contributed by atoms with Crippen LogP contribution < -0.4 is 4.90 Å². The minimum Gasteiger partial charge on any atom is -0.371 e. The van der Waals surface area contributed by atoms with E-state index in [0.29, 0.717) is 6.54 Å². The first-order chi connectivity index (χ1) is 12.9. The van der Waals surface area contributed by atoms with Crippen LogP contribution >= 0.6 is 0 Å². The number of urea groups is 1. The molecular weight excluding hydrogens is 344 g/mol. The maximum absolute atomic E-state index is 12.5. The normalized spacial score (nSPS) is 18.0. The Kier molecular flexibility index (Phi) is 5.79. The van der Waals surface area contributed by atoms with E-state index >= 15 is 0 Å². The van der Waals surface area contributed by atoms with Gasteiger partial charge in [-0.1, -0.05) is 32.0 Å². The Morgan fingerprint density at radius 1 is 1.00 bits per heavy atom. The quantitative estimate of drug-likeness (QED) is 0.542. The number of hydrogen-bond acceptors (Lipinski definition) is 5. The van der Waals surface area contributed by atoms with E-state index < -0.39 is 17.8 Å². The number of imide groups is 2. The summed E-state index contributed by atoms with van der Waals surface area (Å²) in [5, 5.41) is 0. The molecule has 0 unspecified atom stereocenters. The molecule has 0 saturated carbocycles. The molecule has 1 aromatic rings. The van der Waals surface area contributed by atoms with Crippen molar-refractivity contribution in [3.8, 4) is 0 Å². The zero-order chi connectivity index (χ0) is 19.6. The zero-order valence-electron chi connectivity index (χ0n) is 16.4. The number of para-hydroxylation sites is 1. The fraction of sp³-hybridized carbons (Fsp3) is 0.550. The third-order valence-electron chi connectivity index (χ3n) is 4.94. The van der Waals surface area contributed by atoms with Gasteiger partial charge < -0.3 is 4.90 Å². The van der Waals surface area contributed by atoms with Crippen LogP contribution in [0.25, 0.3) is 0 Å². The lowest BCUT2D eigenvalue weighted by atomic mass is 10.1. The molecule has 0 bridgehead atoms. The molecule has 7 heteroatoms. The van der Waals surface area contributed by atoms with E-state index in [1.807, 2.05) is 37.9 Å². The van der Waals surface area contributed by atoms with Crippen LogP contribution in [-0.4, -0.2) is 65.9 Å². The molecule has 2 saturated heterocycles. The van der Waals surface area contributed by atoms with Gasteiger partial charge in [0.1, 0.15) is 0 Å². The highest BCUT2D eigenvalue weighted by atomic mass is 16.2. The number of amides is 4. The third kappa shape index (κ3) is 4.13. The monoisotopic (exact) mass is 372 g/mol. The molecule has 146 valence electrons. The molecule has 2 aliphatic heterocycles. The molecule has 27 heavy (non-hydrogen) atoms. The van der Waals surface area contributed by atoms with Crippen molar-refractivity contribution in [3.05, 3.63) is 29.8 Å². The summed E-state index contributed by atoms with van der Waals surface area (Å²) in [7, 11) is 1.86. The van der Waals surface area contributed by atoms with E-state index in [4.69, 9.17) is 0 Å².